The Balaban J connectivity index is 1.89. The molecule has 0 fully saturated rings. The van der Waals surface area contributed by atoms with E-state index in [1.165, 1.54) is 5.56 Å². The molecule has 0 N–H and O–H groups in total. The molecule has 30 heavy (non-hydrogen) atoms. The van der Waals surface area contributed by atoms with Gasteiger partial charge in [0.2, 0.25) is 0 Å². The molecule has 3 rings (SSSR count). The van der Waals surface area contributed by atoms with Crippen LogP contribution in [0, 0.1) is 0 Å². The number of amides is 1. The SMILES string of the molecule is CC(C)N(C(=O)OC(Cc1ccccc1)c1nccn1Cc1ccccc1)C(C)C. The first-order chi connectivity index (χ1) is 14.5. The number of aromatic nitrogens is 2. The van der Waals surface area contributed by atoms with Gasteiger partial charge in [-0.05, 0) is 38.8 Å². The molecule has 0 aliphatic rings. The van der Waals surface area contributed by atoms with Crippen LogP contribution in [0.15, 0.2) is 73.1 Å². The van der Waals surface area contributed by atoms with Crippen LogP contribution in [0.3, 0.4) is 0 Å². The van der Waals surface area contributed by atoms with Gasteiger partial charge in [-0.3, -0.25) is 0 Å². The molecule has 3 aromatic rings. The Kier molecular flexibility index (Phi) is 7.28. The van der Waals surface area contributed by atoms with Gasteiger partial charge >= 0.3 is 6.09 Å². The van der Waals surface area contributed by atoms with Gasteiger partial charge in [0.25, 0.3) is 0 Å². The van der Waals surface area contributed by atoms with Crippen LogP contribution in [0.1, 0.15) is 50.8 Å². The van der Waals surface area contributed by atoms with E-state index in [2.05, 4.69) is 21.7 Å². The Morgan fingerprint density at radius 2 is 1.50 bits per heavy atom. The second-order valence-electron chi connectivity index (χ2n) is 8.06. The van der Waals surface area contributed by atoms with E-state index < -0.39 is 6.10 Å². The molecule has 0 aliphatic carbocycles. The fourth-order valence-electron chi connectivity index (χ4n) is 3.74. The van der Waals surface area contributed by atoms with E-state index in [9.17, 15) is 4.79 Å². The zero-order valence-electron chi connectivity index (χ0n) is 18.2. The van der Waals surface area contributed by atoms with Crippen LogP contribution in [-0.2, 0) is 17.7 Å². The summed E-state index contributed by atoms with van der Waals surface area (Å²) in [4.78, 5) is 19.4. The molecule has 0 radical (unpaired) electrons. The van der Waals surface area contributed by atoms with Crippen LogP contribution < -0.4 is 0 Å². The third-order valence-electron chi connectivity index (χ3n) is 5.06. The fraction of sp³-hybridized carbons (Fsp3) is 0.360. The quantitative estimate of drug-likeness (QED) is 0.499. The highest BCUT2D eigenvalue weighted by Crippen LogP contribution is 2.24. The van der Waals surface area contributed by atoms with Crippen molar-refractivity contribution in [3.8, 4) is 0 Å². The number of nitrogens with zero attached hydrogens (tertiary/aromatic N) is 3. The number of imidazole rings is 1. The maximum atomic E-state index is 13.1. The summed E-state index contributed by atoms with van der Waals surface area (Å²) in [6.45, 7) is 8.69. The Morgan fingerprint density at radius 3 is 2.07 bits per heavy atom. The van der Waals surface area contributed by atoms with Crippen LogP contribution in [0.25, 0.3) is 0 Å². The first kappa shape index (κ1) is 21.6. The zero-order valence-corrected chi connectivity index (χ0v) is 18.2. The average Bonchev–Trinajstić information content (AvgIpc) is 3.16. The molecule has 1 atom stereocenters. The summed E-state index contributed by atoms with van der Waals surface area (Å²) in [6.07, 6.45) is 3.50. The summed E-state index contributed by atoms with van der Waals surface area (Å²) in [7, 11) is 0. The van der Waals surface area contributed by atoms with Gasteiger partial charge in [-0.1, -0.05) is 60.7 Å². The monoisotopic (exact) mass is 405 g/mol. The number of ether oxygens (including phenoxy) is 1. The first-order valence-corrected chi connectivity index (χ1v) is 10.5. The summed E-state index contributed by atoms with van der Waals surface area (Å²) < 4.78 is 8.13. The number of hydrogen-bond acceptors (Lipinski definition) is 3. The molecule has 1 amide bonds. The maximum absolute atomic E-state index is 13.1. The summed E-state index contributed by atoms with van der Waals surface area (Å²) >= 11 is 0. The lowest BCUT2D eigenvalue weighted by Crippen LogP contribution is -2.43. The lowest BCUT2D eigenvalue weighted by atomic mass is 10.1. The van der Waals surface area contributed by atoms with Crippen molar-refractivity contribution < 1.29 is 9.53 Å². The lowest BCUT2D eigenvalue weighted by Gasteiger charge is -2.31. The van der Waals surface area contributed by atoms with Gasteiger partial charge in [0.15, 0.2) is 11.9 Å². The minimum absolute atomic E-state index is 0.0546. The number of carbonyl (C=O) groups is 1. The van der Waals surface area contributed by atoms with Gasteiger partial charge in [-0.2, -0.15) is 0 Å². The number of hydrogen-bond donors (Lipinski definition) is 0. The van der Waals surface area contributed by atoms with Crippen molar-refractivity contribution in [1.29, 1.82) is 0 Å². The highest BCUT2D eigenvalue weighted by Gasteiger charge is 2.28. The highest BCUT2D eigenvalue weighted by atomic mass is 16.6. The first-order valence-electron chi connectivity index (χ1n) is 10.5. The fourth-order valence-corrected chi connectivity index (χ4v) is 3.74. The zero-order chi connectivity index (χ0) is 21.5. The molecule has 1 heterocycles. The topological polar surface area (TPSA) is 47.4 Å². The molecule has 0 saturated heterocycles. The van der Waals surface area contributed by atoms with E-state index in [0.29, 0.717) is 13.0 Å². The highest BCUT2D eigenvalue weighted by molar-refractivity contribution is 5.68. The van der Waals surface area contributed by atoms with E-state index in [4.69, 9.17) is 4.74 Å². The lowest BCUT2D eigenvalue weighted by molar-refractivity contribution is 0.0405. The van der Waals surface area contributed by atoms with Gasteiger partial charge in [0, 0.05) is 37.4 Å². The van der Waals surface area contributed by atoms with Crippen LogP contribution in [0.4, 0.5) is 4.79 Å². The van der Waals surface area contributed by atoms with Crippen molar-refractivity contribution in [2.45, 2.75) is 58.8 Å². The molecule has 0 aliphatic heterocycles. The Bertz CT molecular complexity index is 912. The van der Waals surface area contributed by atoms with Gasteiger partial charge in [-0.25, -0.2) is 9.78 Å². The van der Waals surface area contributed by atoms with E-state index in [1.807, 2.05) is 82.4 Å². The largest absolute Gasteiger partial charge is 0.438 e. The molecular weight excluding hydrogens is 374 g/mol. The van der Waals surface area contributed by atoms with Crippen LogP contribution in [0.2, 0.25) is 0 Å². The normalized spacial score (nSPS) is 12.2. The number of rotatable bonds is 8. The van der Waals surface area contributed by atoms with Crippen LogP contribution in [-0.4, -0.2) is 32.6 Å². The molecule has 0 saturated carbocycles. The van der Waals surface area contributed by atoms with E-state index in [-0.39, 0.29) is 18.2 Å². The van der Waals surface area contributed by atoms with Crippen LogP contribution >= 0.6 is 0 Å². The molecule has 0 spiro atoms. The third-order valence-corrected chi connectivity index (χ3v) is 5.06. The van der Waals surface area contributed by atoms with Gasteiger partial charge < -0.3 is 14.2 Å². The van der Waals surface area contributed by atoms with Crippen molar-refractivity contribution in [2.24, 2.45) is 0 Å². The number of carbonyl (C=O) groups excluding carboxylic acids is 1. The summed E-state index contributed by atoms with van der Waals surface area (Å²) in [5.74, 6) is 0.753. The summed E-state index contributed by atoms with van der Waals surface area (Å²) in [5.41, 5.74) is 2.28. The van der Waals surface area contributed by atoms with Crippen molar-refractivity contribution in [3.63, 3.8) is 0 Å². The Labute approximate surface area is 179 Å². The standard InChI is InChI=1S/C25H31N3O2/c1-19(2)28(20(3)4)25(29)30-23(17-21-11-7-5-8-12-21)24-26-15-16-27(24)18-22-13-9-6-10-14-22/h5-16,19-20,23H,17-18H2,1-4H3. The smallest absolute Gasteiger partial charge is 0.410 e. The van der Waals surface area contributed by atoms with Crippen molar-refractivity contribution >= 4 is 6.09 Å². The third kappa shape index (κ3) is 5.50. The van der Waals surface area contributed by atoms with Gasteiger partial charge in [0.1, 0.15) is 0 Å². The average molecular weight is 406 g/mol. The predicted molar refractivity (Wildman–Crippen MR) is 119 cm³/mol. The summed E-state index contributed by atoms with van der Waals surface area (Å²) in [5, 5.41) is 0. The minimum atomic E-state index is -0.474. The second kappa shape index (κ2) is 10.1. The molecule has 5 heteroatoms. The van der Waals surface area contributed by atoms with E-state index >= 15 is 0 Å². The molecule has 158 valence electrons. The van der Waals surface area contributed by atoms with Crippen molar-refractivity contribution in [1.82, 2.24) is 14.5 Å². The maximum Gasteiger partial charge on any atom is 0.410 e. The molecule has 1 aromatic heterocycles. The number of benzene rings is 2. The Morgan fingerprint density at radius 1 is 0.933 bits per heavy atom. The van der Waals surface area contributed by atoms with Gasteiger partial charge in [0.05, 0.1) is 0 Å². The Hall–Kier alpha value is -3.08. The molecule has 2 aromatic carbocycles. The van der Waals surface area contributed by atoms with Crippen molar-refractivity contribution in [2.75, 3.05) is 0 Å². The van der Waals surface area contributed by atoms with Crippen LogP contribution in [0.5, 0.6) is 0 Å². The molecular formula is C25H31N3O2. The predicted octanol–water partition coefficient (Wildman–Crippen LogP) is 5.47. The molecule has 5 nitrogen and oxygen atoms in total. The van der Waals surface area contributed by atoms with E-state index in [0.717, 1.165) is 11.4 Å². The van der Waals surface area contributed by atoms with E-state index in [1.54, 1.807) is 11.1 Å². The molecule has 1 unspecified atom stereocenters. The summed E-state index contributed by atoms with van der Waals surface area (Å²) in [6, 6.07) is 20.4. The van der Waals surface area contributed by atoms with Crippen molar-refractivity contribution in [3.05, 3.63) is 90.0 Å². The van der Waals surface area contributed by atoms with Gasteiger partial charge in [-0.15, -0.1) is 0 Å². The minimum Gasteiger partial charge on any atom is -0.438 e. The second-order valence-corrected chi connectivity index (χ2v) is 8.06. The molecule has 0 bridgehead atoms.